The summed E-state index contributed by atoms with van der Waals surface area (Å²) >= 11 is 1.68. The Balaban J connectivity index is 1.30. The van der Waals surface area contributed by atoms with Crippen molar-refractivity contribution < 1.29 is 4.79 Å². The number of aromatic nitrogens is 1. The van der Waals surface area contributed by atoms with Crippen LogP contribution in [0, 0.1) is 0 Å². The molecule has 0 spiro atoms. The van der Waals surface area contributed by atoms with Crippen LogP contribution in [0.2, 0.25) is 0 Å². The molecule has 128 valence electrons. The highest BCUT2D eigenvalue weighted by Gasteiger charge is 2.21. The van der Waals surface area contributed by atoms with E-state index in [0.717, 1.165) is 50.3 Å². The second-order valence-electron chi connectivity index (χ2n) is 6.34. The van der Waals surface area contributed by atoms with Crippen molar-refractivity contribution >= 4 is 22.4 Å². The van der Waals surface area contributed by atoms with E-state index in [2.05, 4.69) is 39.5 Å². The molecular formula is C19H25N3OS. The molecule has 24 heavy (non-hydrogen) atoms. The number of benzene rings is 1. The third kappa shape index (κ3) is 5.06. The first-order valence-electron chi connectivity index (χ1n) is 8.79. The average Bonchev–Trinajstić information content (AvgIpc) is 3.15. The molecule has 5 heteroatoms. The van der Waals surface area contributed by atoms with E-state index >= 15 is 0 Å². The van der Waals surface area contributed by atoms with Gasteiger partial charge in [0.25, 0.3) is 0 Å². The summed E-state index contributed by atoms with van der Waals surface area (Å²) in [6, 6.07) is 10.8. The van der Waals surface area contributed by atoms with Gasteiger partial charge in [0.15, 0.2) is 5.13 Å². The van der Waals surface area contributed by atoms with Crippen molar-refractivity contribution in [3.8, 4) is 0 Å². The van der Waals surface area contributed by atoms with E-state index in [1.54, 1.807) is 11.3 Å². The Hall–Kier alpha value is -1.88. The molecule has 0 atom stereocenters. The summed E-state index contributed by atoms with van der Waals surface area (Å²) in [7, 11) is 0. The van der Waals surface area contributed by atoms with Gasteiger partial charge in [-0.2, -0.15) is 0 Å². The zero-order chi connectivity index (χ0) is 16.6. The lowest BCUT2D eigenvalue weighted by atomic mass is 10.0. The van der Waals surface area contributed by atoms with Gasteiger partial charge in [0.05, 0.1) is 0 Å². The Labute approximate surface area is 147 Å². The Morgan fingerprint density at radius 1 is 1.21 bits per heavy atom. The first kappa shape index (κ1) is 17.0. The molecule has 2 heterocycles. The summed E-state index contributed by atoms with van der Waals surface area (Å²) in [5, 5.41) is 6.31. The summed E-state index contributed by atoms with van der Waals surface area (Å²) < 4.78 is 0. The summed E-state index contributed by atoms with van der Waals surface area (Å²) in [4.78, 5) is 18.8. The van der Waals surface area contributed by atoms with E-state index in [0.29, 0.717) is 12.5 Å². The van der Waals surface area contributed by atoms with Crippen molar-refractivity contribution in [3.63, 3.8) is 0 Å². The van der Waals surface area contributed by atoms with E-state index in [-0.39, 0.29) is 5.91 Å². The van der Waals surface area contributed by atoms with Gasteiger partial charge in [-0.3, -0.25) is 4.79 Å². The molecule has 1 N–H and O–H groups in total. The van der Waals surface area contributed by atoms with Gasteiger partial charge in [-0.05, 0) is 37.7 Å². The number of carbonyl (C=O) groups is 1. The maximum Gasteiger partial charge on any atom is 0.220 e. The molecule has 4 nitrogen and oxygen atoms in total. The van der Waals surface area contributed by atoms with Crippen LogP contribution < -0.4 is 10.2 Å². The number of nitrogens with one attached hydrogen (secondary N) is 1. The van der Waals surface area contributed by atoms with E-state index < -0.39 is 0 Å². The van der Waals surface area contributed by atoms with E-state index in [4.69, 9.17) is 0 Å². The third-order valence-electron chi connectivity index (χ3n) is 4.51. The molecule has 1 aliphatic rings. The van der Waals surface area contributed by atoms with Crippen molar-refractivity contribution in [2.45, 2.75) is 44.6 Å². The van der Waals surface area contributed by atoms with Gasteiger partial charge >= 0.3 is 0 Å². The molecule has 1 aliphatic heterocycles. The van der Waals surface area contributed by atoms with E-state index in [1.807, 2.05) is 17.6 Å². The number of aryl methyl sites for hydroxylation is 1. The predicted octanol–water partition coefficient (Wildman–Crippen LogP) is 3.64. The van der Waals surface area contributed by atoms with Gasteiger partial charge in [0, 0.05) is 37.1 Å². The molecule has 0 aliphatic carbocycles. The highest BCUT2D eigenvalue weighted by molar-refractivity contribution is 7.13. The number of rotatable bonds is 7. The smallest absolute Gasteiger partial charge is 0.220 e. The third-order valence-corrected chi connectivity index (χ3v) is 5.34. The van der Waals surface area contributed by atoms with Crippen molar-refractivity contribution in [2.75, 3.05) is 18.0 Å². The minimum absolute atomic E-state index is 0.204. The molecule has 1 aromatic heterocycles. The largest absolute Gasteiger partial charge is 0.353 e. The van der Waals surface area contributed by atoms with E-state index in [9.17, 15) is 4.79 Å². The molecule has 1 fully saturated rings. The summed E-state index contributed by atoms with van der Waals surface area (Å²) in [5.41, 5.74) is 1.35. The van der Waals surface area contributed by atoms with Crippen LogP contribution >= 0.6 is 11.3 Å². The molecule has 0 unspecified atom stereocenters. The maximum atomic E-state index is 12.1. The first-order valence-corrected chi connectivity index (χ1v) is 9.67. The fourth-order valence-corrected chi connectivity index (χ4v) is 3.84. The lowest BCUT2D eigenvalue weighted by molar-refractivity contribution is -0.122. The second kappa shape index (κ2) is 8.83. The lowest BCUT2D eigenvalue weighted by Crippen LogP contribution is -2.44. The maximum absolute atomic E-state index is 12.1. The SMILES string of the molecule is O=C(CCCCc1ccccc1)NC1CCN(c2nccs2)CC1. The molecule has 3 rings (SSSR count). The Morgan fingerprint density at radius 2 is 2.00 bits per heavy atom. The number of thiazole rings is 1. The predicted molar refractivity (Wildman–Crippen MR) is 99.5 cm³/mol. The molecule has 2 aromatic rings. The number of amides is 1. The molecule has 1 saturated heterocycles. The van der Waals surface area contributed by atoms with Gasteiger partial charge in [-0.1, -0.05) is 30.3 Å². The number of nitrogens with zero attached hydrogens (tertiary/aromatic N) is 2. The normalized spacial score (nSPS) is 15.4. The van der Waals surface area contributed by atoms with Crippen LogP contribution in [-0.2, 0) is 11.2 Å². The van der Waals surface area contributed by atoms with Crippen molar-refractivity contribution in [1.29, 1.82) is 0 Å². The first-order chi connectivity index (χ1) is 11.8. The van der Waals surface area contributed by atoms with Crippen LogP contribution in [0.5, 0.6) is 0 Å². The van der Waals surface area contributed by atoms with Crippen LogP contribution in [0.25, 0.3) is 0 Å². The molecule has 0 bridgehead atoms. The average molecular weight is 343 g/mol. The Bertz CT molecular complexity index is 607. The molecule has 0 radical (unpaired) electrons. The Kier molecular flexibility index (Phi) is 6.24. The van der Waals surface area contributed by atoms with Crippen molar-refractivity contribution in [1.82, 2.24) is 10.3 Å². The fourth-order valence-electron chi connectivity index (χ4n) is 3.15. The second-order valence-corrected chi connectivity index (χ2v) is 7.21. The van der Waals surface area contributed by atoms with Crippen molar-refractivity contribution in [2.24, 2.45) is 0 Å². The summed E-state index contributed by atoms with van der Waals surface area (Å²) in [5.74, 6) is 0.204. The van der Waals surface area contributed by atoms with Crippen LogP contribution in [0.15, 0.2) is 41.9 Å². The van der Waals surface area contributed by atoms with Crippen LogP contribution in [0.1, 0.15) is 37.7 Å². The van der Waals surface area contributed by atoms with Crippen LogP contribution in [-0.4, -0.2) is 30.0 Å². The number of anilines is 1. The zero-order valence-electron chi connectivity index (χ0n) is 14.0. The summed E-state index contributed by atoms with van der Waals surface area (Å²) in [6.07, 6.45) is 7.59. The standard InChI is InChI=1S/C19H25N3OS/c23-18(9-5-4-8-16-6-2-1-3-7-16)21-17-10-13-22(14-11-17)19-20-12-15-24-19/h1-3,6-7,12,15,17H,4-5,8-11,13-14H2,(H,21,23). The number of piperidine rings is 1. The van der Waals surface area contributed by atoms with Crippen LogP contribution in [0.3, 0.4) is 0 Å². The Morgan fingerprint density at radius 3 is 2.71 bits per heavy atom. The number of carbonyl (C=O) groups excluding carboxylic acids is 1. The number of hydrogen-bond donors (Lipinski definition) is 1. The lowest BCUT2D eigenvalue weighted by Gasteiger charge is -2.32. The zero-order valence-corrected chi connectivity index (χ0v) is 14.8. The molecular weight excluding hydrogens is 318 g/mol. The van der Waals surface area contributed by atoms with Gasteiger partial charge in [-0.25, -0.2) is 4.98 Å². The highest BCUT2D eigenvalue weighted by atomic mass is 32.1. The van der Waals surface area contributed by atoms with Crippen molar-refractivity contribution in [3.05, 3.63) is 47.5 Å². The number of unbranched alkanes of at least 4 members (excludes halogenated alkanes) is 1. The number of hydrogen-bond acceptors (Lipinski definition) is 4. The minimum Gasteiger partial charge on any atom is -0.353 e. The minimum atomic E-state index is 0.204. The van der Waals surface area contributed by atoms with Gasteiger partial charge in [0.2, 0.25) is 5.91 Å². The van der Waals surface area contributed by atoms with Gasteiger partial charge < -0.3 is 10.2 Å². The van der Waals surface area contributed by atoms with Gasteiger partial charge in [-0.15, -0.1) is 11.3 Å². The highest BCUT2D eigenvalue weighted by Crippen LogP contribution is 2.22. The molecule has 1 amide bonds. The van der Waals surface area contributed by atoms with E-state index in [1.165, 1.54) is 5.56 Å². The molecule has 0 saturated carbocycles. The quantitative estimate of drug-likeness (QED) is 0.781. The monoisotopic (exact) mass is 343 g/mol. The molecule has 1 aromatic carbocycles. The fraction of sp³-hybridized carbons (Fsp3) is 0.474. The summed E-state index contributed by atoms with van der Waals surface area (Å²) in [6.45, 7) is 1.96. The topological polar surface area (TPSA) is 45.2 Å². The van der Waals surface area contributed by atoms with Crippen LogP contribution in [0.4, 0.5) is 5.13 Å². The van der Waals surface area contributed by atoms with Gasteiger partial charge in [0.1, 0.15) is 0 Å².